The van der Waals surface area contributed by atoms with Gasteiger partial charge in [-0.15, -0.1) is 0 Å². The number of hydrogen-bond acceptors (Lipinski definition) is 6. The van der Waals surface area contributed by atoms with Gasteiger partial charge in [-0.05, 0) is 39.2 Å². The van der Waals surface area contributed by atoms with Gasteiger partial charge in [-0.3, -0.25) is 9.59 Å². The summed E-state index contributed by atoms with van der Waals surface area (Å²) in [6.45, 7) is 2.09. The van der Waals surface area contributed by atoms with Gasteiger partial charge < -0.3 is 20.8 Å². The molecule has 3 rings (SSSR count). The minimum atomic E-state index is -3.17. The van der Waals surface area contributed by atoms with Crippen LogP contribution in [-0.2, 0) is 14.4 Å². The van der Waals surface area contributed by atoms with Crippen molar-refractivity contribution in [3.8, 4) is 6.07 Å². The molecule has 0 radical (unpaired) electrons. The van der Waals surface area contributed by atoms with Crippen molar-refractivity contribution in [1.82, 2.24) is 16.0 Å². The van der Waals surface area contributed by atoms with Crippen LogP contribution in [0, 0.1) is 11.3 Å². The molecule has 8 nitrogen and oxygen atoms in total. The third-order valence-electron chi connectivity index (χ3n) is 5.05. The second-order valence-corrected chi connectivity index (χ2v) is 7.75. The van der Waals surface area contributed by atoms with Crippen molar-refractivity contribution >= 4 is 17.5 Å². The van der Waals surface area contributed by atoms with E-state index >= 15 is 0 Å². The zero-order chi connectivity index (χ0) is 19.7. The molecule has 2 amide bonds. The number of rotatable bonds is 6. The normalized spacial score (nSPS) is 27.1. The highest BCUT2D eigenvalue weighted by Gasteiger charge is 2.47. The van der Waals surface area contributed by atoms with Gasteiger partial charge in [-0.1, -0.05) is 5.16 Å². The molecule has 1 aliphatic carbocycles. The molecule has 0 aromatic heterocycles. The predicted molar refractivity (Wildman–Crippen MR) is 90.9 cm³/mol. The van der Waals surface area contributed by atoms with Gasteiger partial charge in [0.25, 0.3) is 5.91 Å². The fraction of sp³-hybridized carbons (Fsp3) is 0.765. The summed E-state index contributed by atoms with van der Waals surface area (Å²) in [4.78, 5) is 30.3. The van der Waals surface area contributed by atoms with Gasteiger partial charge in [0.05, 0.1) is 6.07 Å². The largest absolute Gasteiger partial charge is 0.387 e. The number of halogens is 2. The maximum Gasteiger partial charge on any atom is 0.269 e. The van der Waals surface area contributed by atoms with Crippen LogP contribution in [0.1, 0.15) is 45.4 Å². The van der Waals surface area contributed by atoms with Gasteiger partial charge in [0.2, 0.25) is 11.8 Å². The van der Waals surface area contributed by atoms with E-state index in [2.05, 4.69) is 21.1 Å². The molecule has 3 aliphatic rings. The summed E-state index contributed by atoms with van der Waals surface area (Å²) in [5, 5.41) is 20.9. The summed E-state index contributed by atoms with van der Waals surface area (Å²) >= 11 is 0. The number of nitrogens with one attached hydrogen (secondary N) is 3. The smallest absolute Gasteiger partial charge is 0.269 e. The first kappa shape index (κ1) is 19.5. The molecule has 148 valence electrons. The average molecular weight is 383 g/mol. The van der Waals surface area contributed by atoms with Crippen LogP contribution in [0.2, 0.25) is 0 Å². The van der Waals surface area contributed by atoms with Crippen LogP contribution in [0.25, 0.3) is 0 Å². The van der Waals surface area contributed by atoms with Crippen molar-refractivity contribution < 1.29 is 23.2 Å². The molecule has 2 fully saturated rings. The Morgan fingerprint density at radius 3 is 2.74 bits per heavy atom. The van der Waals surface area contributed by atoms with E-state index in [1.165, 1.54) is 0 Å². The van der Waals surface area contributed by atoms with E-state index in [1.807, 2.05) is 6.07 Å². The first-order valence-electron chi connectivity index (χ1n) is 9.04. The van der Waals surface area contributed by atoms with Crippen LogP contribution in [0.4, 0.5) is 8.78 Å². The monoisotopic (exact) mass is 383 g/mol. The van der Waals surface area contributed by atoms with Crippen molar-refractivity contribution in [3.63, 3.8) is 0 Å². The number of carbonyl (C=O) groups excluding carboxylic acids is 2. The Bertz CT molecular complexity index is 688. The number of nitrogens with zero attached hydrogens (tertiary/aromatic N) is 2. The molecule has 2 aliphatic heterocycles. The number of alkyl halides is 2. The molecule has 2 heterocycles. The van der Waals surface area contributed by atoms with Crippen molar-refractivity contribution in [3.05, 3.63) is 0 Å². The highest BCUT2D eigenvalue weighted by atomic mass is 19.3. The number of nitriles is 1. The number of amides is 2. The summed E-state index contributed by atoms with van der Waals surface area (Å²) in [7, 11) is 0. The molecule has 1 spiro atoms. The van der Waals surface area contributed by atoms with E-state index in [-0.39, 0.29) is 12.1 Å². The number of oxime groups is 1. The quantitative estimate of drug-likeness (QED) is 0.621. The summed E-state index contributed by atoms with van der Waals surface area (Å²) in [6, 6.07) is 0.500. The molecule has 0 bridgehead atoms. The van der Waals surface area contributed by atoms with E-state index in [1.54, 1.807) is 0 Å². The maximum absolute atomic E-state index is 13.5. The van der Waals surface area contributed by atoms with E-state index < -0.39 is 41.3 Å². The Labute approximate surface area is 155 Å². The summed E-state index contributed by atoms with van der Waals surface area (Å²) in [6.07, 6.45) is 1.94. The zero-order valence-corrected chi connectivity index (χ0v) is 15.1. The van der Waals surface area contributed by atoms with Crippen LogP contribution < -0.4 is 16.0 Å². The Morgan fingerprint density at radius 2 is 2.19 bits per heavy atom. The molecule has 1 saturated heterocycles. The molecule has 10 heteroatoms. The van der Waals surface area contributed by atoms with Crippen LogP contribution in [0.3, 0.4) is 0 Å². The first-order valence-corrected chi connectivity index (χ1v) is 9.04. The second kappa shape index (κ2) is 7.03. The summed E-state index contributed by atoms with van der Waals surface area (Å²) < 4.78 is 27.0. The van der Waals surface area contributed by atoms with Crippen molar-refractivity contribution in [2.75, 3.05) is 13.1 Å². The number of piperidine rings is 1. The molecule has 27 heavy (non-hydrogen) atoms. The highest BCUT2D eigenvalue weighted by Crippen LogP contribution is 2.35. The topological polar surface area (TPSA) is 116 Å². The van der Waals surface area contributed by atoms with Crippen molar-refractivity contribution in [2.45, 2.75) is 68.6 Å². The maximum atomic E-state index is 13.5. The fourth-order valence-electron chi connectivity index (χ4n) is 3.33. The van der Waals surface area contributed by atoms with Gasteiger partial charge in [0.15, 0.2) is 5.60 Å². The third kappa shape index (κ3) is 4.71. The summed E-state index contributed by atoms with van der Waals surface area (Å²) in [5.41, 5.74) is -1.51. The summed E-state index contributed by atoms with van der Waals surface area (Å²) in [5.74, 6) is -4.66. The SMILES string of the molecule is CC(F)(F)C[C@H](NC(=O)C1=NOC2(CCCNC2)C1)C(=O)NC1(C#N)CC1. The highest BCUT2D eigenvalue weighted by molar-refractivity contribution is 6.39. The number of carbonyl (C=O) groups is 2. The first-order chi connectivity index (χ1) is 12.7. The molecular formula is C17H23F2N5O3. The van der Waals surface area contributed by atoms with Crippen molar-refractivity contribution in [2.24, 2.45) is 5.16 Å². The Kier molecular flexibility index (Phi) is 5.08. The van der Waals surface area contributed by atoms with Crippen LogP contribution in [0.5, 0.6) is 0 Å². The van der Waals surface area contributed by atoms with Gasteiger partial charge >= 0.3 is 0 Å². The standard InChI is InChI=1S/C17H23F2N5O3/c1-15(18,19)7-11(14(26)23-16(9-20)4-5-16)22-13(25)12-8-17(27-24-12)3-2-6-21-10-17/h11,21H,2-8,10H2,1H3,(H,22,25)(H,23,26)/t11-,17?/m0/s1. The lowest BCUT2D eigenvalue weighted by Crippen LogP contribution is -2.53. The van der Waals surface area contributed by atoms with Gasteiger partial charge in [0.1, 0.15) is 17.3 Å². The Hall–Kier alpha value is -2.28. The van der Waals surface area contributed by atoms with Gasteiger partial charge in [-0.2, -0.15) is 5.26 Å². The van der Waals surface area contributed by atoms with Gasteiger partial charge in [0, 0.05) is 19.4 Å². The lowest BCUT2D eigenvalue weighted by Gasteiger charge is -2.31. The Morgan fingerprint density at radius 1 is 1.44 bits per heavy atom. The van der Waals surface area contributed by atoms with Crippen LogP contribution in [-0.4, -0.2) is 53.7 Å². The lowest BCUT2D eigenvalue weighted by atomic mass is 9.89. The van der Waals surface area contributed by atoms with E-state index in [0.29, 0.717) is 26.3 Å². The predicted octanol–water partition coefficient (Wildman–Crippen LogP) is 0.587. The minimum Gasteiger partial charge on any atom is -0.387 e. The third-order valence-corrected chi connectivity index (χ3v) is 5.05. The van der Waals surface area contributed by atoms with Crippen molar-refractivity contribution in [1.29, 1.82) is 5.26 Å². The molecule has 1 unspecified atom stereocenters. The van der Waals surface area contributed by atoms with Gasteiger partial charge in [-0.25, -0.2) is 8.78 Å². The Balaban J connectivity index is 1.64. The van der Waals surface area contributed by atoms with E-state index in [4.69, 9.17) is 10.1 Å². The molecule has 1 saturated carbocycles. The number of hydrogen-bond donors (Lipinski definition) is 3. The average Bonchev–Trinajstić information content (AvgIpc) is 3.26. The second-order valence-electron chi connectivity index (χ2n) is 7.75. The zero-order valence-electron chi connectivity index (χ0n) is 15.1. The molecule has 0 aromatic carbocycles. The lowest BCUT2D eigenvalue weighted by molar-refractivity contribution is -0.129. The molecule has 2 atom stereocenters. The van der Waals surface area contributed by atoms with E-state index in [9.17, 15) is 18.4 Å². The molecule has 3 N–H and O–H groups in total. The van der Waals surface area contributed by atoms with E-state index in [0.717, 1.165) is 19.4 Å². The molecule has 0 aromatic rings. The fourth-order valence-corrected chi connectivity index (χ4v) is 3.33. The van der Waals surface area contributed by atoms with Crippen LogP contribution >= 0.6 is 0 Å². The minimum absolute atomic E-state index is 0.0809. The molecular weight excluding hydrogens is 360 g/mol. The van der Waals surface area contributed by atoms with Crippen LogP contribution in [0.15, 0.2) is 5.16 Å².